The van der Waals surface area contributed by atoms with Crippen LogP contribution in [0.4, 0.5) is 10.7 Å². The topological polar surface area (TPSA) is 109 Å². The Balaban J connectivity index is 1.29. The fourth-order valence-electron chi connectivity index (χ4n) is 4.66. The summed E-state index contributed by atoms with van der Waals surface area (Å²) in [5.74, 6) is 0.175. The molecule has 8 nitrogen and oxygen atoms in total. The molecule has 2 aliphatic rings. The molecule has 0 saturated carbocycles. The first-order valence-corrected chi connectivity index (χ1v) is 12.4. The molecule has 1 fully saturated rings. The zero-order chi connectivity index (χ0) is 26.2. The molecular formula is C28H31BN4O4. The van der Waals surface area contributed by atoms with Gasteiger partial charge in [0.25, 0.3) is 0 Å². The van der Waals surface area contributed by atoms with Crippen molar-refractivity contribution in [3.63, 3.8) is 0 Å². The summed E-state index contributed by atoms with van der Waals surface area (Å²) in [4.78, 5) is 20.9. The second-order valence-corrected chi connectivity index (χ2v) is 10.4. The fourth-order valence-corrected chi connectivity index (χ4v) is 4.66. The van der Waals surface area contributed by atoms with Gasteiger partial charge >= 0.3 is 13.2 Å². The summed E-state index contributed by atoms with van der Waals surface area (Å²) in [6.45, 7) is 8.33. The standard InChI is InChI=1S/C28H31BN4O4/c1-27(2)28(3,4)37-29(36-27)19(13-18-14-31-25(30)32-15-18)16-33-26(34)35-17-24-22-11-7-5-9-20(22)21-10-6-8-12-23(21)24/h5-15,24H,16-17H2,1-4H3,(H,33,34)(H2,30,31,32). The lowest BCUT2D eigenvalue weighted by molar-refractivity contribution is 0.00578. The molecule has 3 N–H and O–H groups in total. The van der Waals surface area contributed by atoms with Crippen LogP contribution in [0.15, 0.2) is 66.4 Å². The zero-order valence-electron chi connectivity index (χ0n) is 21.5. The molecule has 190 valence electrons. The van der Waals surface area contributed by atoms with Crippen molar-refractivity contribution < 1.29 is 18.8 Å². The number of rotatable bonds is 6. The molecule has 0 unspecified atom stereocenters. The first-order chi connectivity index (χ1) is 17.6. The third-order valence-corrected chi connectivity index (χ3v) is 7.38. The van der Waals surface area contributed by atoms with Gasteiger partial charge < -0.3 is 25.1 Å². The molecule has 3 aromatic rings. The summed E-state index contributed by atoms with van der Waals surface area (Å²) in [7, 11) is -0.656. The highest BCUT2D eigenvalue weighted by Crippen LogP contribution is 2.44. The minimum absolute atomic E-state index is 0.0109. The molecule has 2 aromatic carbocycles. The van der Waals surface area contributed by atoms with Gasteiger partial charge in [0.2, 0.25) is 5.95 Å². The Hall–Kier alpha value is -3.69. The van der Waals surface area contributed by atoms with Crippen molar-refractivity contribution in [2.45, 2.75) is 44.8 Å². The number of carbonyl (C=O) groups is 1. The Morgan fingerprint density at radius 3 is 2.11 bits per heavy atom. The minimum atomic E-state index is -0.656. The first kappa shape index (κ1) is 25.0. The van der Waals surface area contributed by atoms with E-state index in [4.69, 9.17) is 19.8 Å². The Morgan fingerprint density at radius 2 is 1.54 bits per heavy atom. The van der Waals surface area contributed by atoms with Crippen LogP contribution in [-0.2, 0) is 14.0 Å². The number of hydrogen-bond donors (Lipinski definition) is 2. The van der Waals surface area contributed by atoms with Gasteiger partial charge in [-0.25, -0.2) is 14.8 Å². The maximum absolute atomic E-state index is 12.8. The van der Waals surface area contributed by atoms with Crippen molar-refractivity contribution in [2.75, 3.05) is 18.9 Å². The predicted octanol–water partition coefficient (Wildman–Crippen LogP) is 4.61. The van der Waals surface area contributed by atoms with Gasteiger partial charge in [-0.2, -0.15) is 0 Å². The largest absolute Gasteiger partial charge is 0.492 e. The van der Waals surface area contributed by atoms with E-state index in [9.17, 15) is 4.79 Å². The number of nitrogen functional groups attached to an aromatic ring is 1. The average Bonchev–Trinajstić information content (AvgIpc) is 3.30. The summed E-state index contributed by atoms with van der Waals surface area (Å²) in [6, 6.07) is 16.5. The number of benzene rings is 2. The highest BCUT2D eigenvalue weighted by Gasteiger charge is 2.52. The quantitative estimate of drug-likeness (QED) is 0.478. The third kappa shape index (κ3) is 4.97. The highest BCUT2D eigenvalue weighted by atomic mass is 16.7. The Morgan fingerprint density at radius 1 is 1.00 bits per heavy atom. The molecule has 0 atom stereocenters. The lowest BCUT2D eigenvalue weighted by atomic mass is 9.77. The van der Waals surface area contributed by atoms with Crippen molar-refractivity contribution >= 4 is 25.2 Å². The number of aromatic nitrogens is 2. The van der Waals surface area contributed by atoms with Gasteiger partial charge in [0.05, 0.1) is 11.2 Å². The van der Waals surface area contributed by atoms with Crippen LogP contribution in [0.2, 0.25) is 0 Å². The Bertz CT molecular complexity index is 1280. The van der Waals surface area contributed by atoms with E-state index in [1.807, 2.05) is 58.0 Å². The van der Waals surface area contributed by atoms with Crippen LogP contribution in [0.3, 0.4) is 0 Å². The molecule has 5 rings (SSSR count). The number of fused-ring (bicyclic) bond motifs is 3. The fraction of sp³-hybridized carbons (Fsp3) is 0.321. The van der Waals surface area contributed by atoms with E-state index in [0.717, 1.165) is 11.1 Å². The van der Waals surface area contributed by atoms with Gasteiger partial charge in [0.15, 0.2) is 0 Å². The lowest BCUT2D eigenvalue weighted by Gasteiger charge is -2.32. The summed E-state index contributed by atoms with van der Waals surface area (Å²) >= 11 is 0. The molecule has 1 aliphatic heterocycles. The van der Waals surface area contributed by atoms with Crippen LogP contribution < -0.4 is 11.1 Å². The number of anilines is 1. The van der Waals surface area contributed by atoms with Crippen molar-refractivity contribution in [2.24, 2.45) is 0 Å². The van der Waals surface area contributed by atoms with Crippen molar-refractivity contribution in [1.29, 1.82) is 0 Å². The average molecular weight is 498 g/mol. The molecular weight excluding hydrogens is 467 g/mol. The molecule has 0 radical (unpaired) electrons. The van der Waals surface area contributed by atoms with Crippen molar-refractivity contribution in [3.8, 4) is 11.1 Å². The lowest BCUT2D eigenvalue weighted by Crippen LogP contribution is -2.41. The molecule has 9 heteroatoms. The molecule has 1 saturated heterocycles. The van der Waals surface area contributed by atoms with E-state index in [2.05, 4.69) is 39.6 Å². The third-order valence-electron chi connectivity index (χ3n) is 7.38. The summed E-state index contributed by atoms with van der Waals surface area (Å²) in [5.41, 5.74) is 10.7. The monoisotopic (exact) mass is 498 g/mol. The van der Waals surface area contributed by atoms with Gasteiger partial charge in [-0.3, -0.25) is 0 Å². The molecule has 0 spiro atoms. The number of amides is 1. The van der Waals surface area contributed by atoms with Crippen molar-refractivity contribution in [1.82, 2.24) is 15.3 Å². The summed E-state index contributed by atoms with van der Waals surface area (Å²) in [5, 5.41) is 2.86. The molecule has 0 bridgehead atoms. The number of hydrogen-bond acceptors (Lipinski definition) is 7. The smallest absolute Gasteiger partial charge is 0.449 e. The van der Waals surface area contributed by atoms with Gasteiger partial charge in [-0.1, -0.05) is 54.6 Å². The Labute approximate surface area is 217 Å². The molecule has 1 aromatic heterocycles. The normalized spacial score (nSPS) is 17.8. The molecule has 1 aliphatic carbocycles. The van der Waals surface area contributed by atoms with Crippen LogP contribution in [0, 0.1) is 0 Å². The van der Waals surface area contributed by atoms with E-state index >= 15 is 0 Å². The van der Waals surface area contributed by atoms with Gasteiger partial charge in [-0.05, 0) is 55.4 Å². The van der Waals surface area contributed by atoms with E-state index in [-0.39, 0.29) is 25.0 Å². The van der Waals surface area contributed by atoms with Gasteiger partial charge in [-0.15, -0.1) is 0 Å². The maximum Gasteiger partial charge on any atom is 0.492 e. The second kappa shape index (κ2) is 9.65. The van der Waals surface area contributed by atoms with E-state index < -0.39 is 24.4 Å². The van der Waals surface area contributed by atoms with Gasteiger partial charge in [0.1, 0.15) is 6.61 Å². The number of nitrogens with one attached hydrogen (secondary N) is 1. The van der Waals surface area contributed by atoms with Crippen LogP contribution in [-0.4, -0.2) is 47.5 Å². The number of nitrogens with two attached hydrogens (primary N) is 1. The number of carbonyl (C=O) groups excluding carboxylic acids is 1. The minimum Gasteiger partial charge on any atom is -0.449 e. The highest BCUT2D eigenvalue weighted by molar-refractivity contribution is 6.56. The van der Waals surface area contributed by atoms with Crippen LogP contribution in [0.5, 0.6) is 0 Å². The summed E-state index contributed by atoms with van der Waals surface area (Å²) in [6.07, 6.45) is 4.55. The van der Waals surface area contributed by atoms with E-state index in [1.54, 1.807) is 12.4 Å². The number of nitrogens with zero attached hydrogens (tertiary/aromatic N) is 2. The maximum atomic E-state index is 12.8. The molecule has 2 heterocycles. The van der Waals surface area contributed by atoms with Crippen LogP contribution in [0.25, 0.3) is 17.2 Å². The predicted molar refractivity (Wildman–Crippen MR) is 144 cm³/mol. The zero-order valence-corrected chi connectivity index (χ0v) is 21.5. The van der Waals surface area contributed by atoms with E-state index in [1.165, 1.54) is 11.1 Å². The van der Waals surface area contributed by atoms with Crippen molar-refractivity contribution in [3.05, 3.63) is 83.1 Å². The van der Waals surface area contributed by atoms with Gasteiger partial charge in [0, 0.05) is 30.4 Å². The molecule has 1 amide bonds. The van der Waals surface area contributed by atoms with Crippen LogP contribution in [0.1, 0.15) is 50.3 Å². The SMILES string of the molecule is CC1(C)OB(C(=Cc2cnc(N)nc2)CNC(=O)OCC2c3ccccc3-c3ccccc32)OC1(C)C. The summed E-state index contributed by atoms with van der Waals surface area (Å²) < 4.78 is 18.2. The second-order valence-electron chi connectivity index (χ2n) is 10.4. The number of ether oxygens (including phenoxy) is 1. The Kier molecular flexibility index (Phi) is 6.51. The first-order valence-electron chi connectivity index (χ1n) is 12.4. The molecule has 37 heavy (non-hydrogen) atoms. The van der Waals surface area contributed by atoms with Crippen LogP contribution >= 0.6 is 0 Å². The van der Waals surface area contributed by atoms with E-state index in [0.29, 0.717) is 11.0 Å². The number of alkyl carbamates (subject to hydrolysis) is 1.